The van der Waals surface area contributed by atoms with E-state index in [9.17, 15) is 13.2 Å². The van der Waals surface area contributed by atoms with Crippen LogP contribution in [0.5, 0.6) is 0 Å². The summed E-state index contributed by atoms with van der Waals surface area (Å²) in [6.07, 6.45) is 1.48. The lowest BCUT2D eigenvalue weighted by Crippen LogP contribution is -2.05. The van der Waals surface area contributed by atoms with Crippen molar-refractivity contribution in [2.75, 3.05) is 0 Å². The van der Waals surface area contributed by atoms with E-state index in [0.717, 1.165) is 5.69 Å². The van der Waals surface area contributed by atoms with E-state index in [0.29, 0.717) is 0 Å². The van der Waals surface area contributed by atoms with Crippen LogP contribution >= 0.6 is 11.8 Å². The second-order valence-corrected chi connectivity index (χ2v) is 4.26. The first-order valence-corrected chi connectivity index (χ1v) is 4.90. The zero-order valence-electron chi connectivity index (χ0n) is 8.09. The van der Waals surface area contributed by atoms with Gasteiger partial charge in [0.25, 0.3) is 0 Å². The summed E-state index contributed by atoms with van der Waals surface area (Å²) in [4.78, 5) is 3.73. The molecule has 1 rings (SSSR count). The van der Waals surface area contributed by atoms with Gasteiger partial charge < -0.3 is 4.57 Å². The van der Waals surface area contributed by atoms with Gasteiger partial charge in [0.05, 0.1) is 0 Å². The third-order valence-electron chi connectivity index (χ3n) is 1.78. The Balaban J connectivity index is 2.91. The van der Waals surface area contributed by atoms with Crippen LogP contribution in [0.25, 0.3) is 0 Å². The van der Waals surface area contributed by atoms with Crippen molar-refractivity contribution in [3.8, 4) is 0 Å². The molecule has 1 aromatic rings. The second kappa shape index (κ2) is 3.84. The average molecular weight is 224 g/mol. The molecule has 1 heterocycles. The van der Waals surface area contributed by atoms with Gasteiger partial charge in [-0.15, -0.1) is 0 Å². The highest BCUT2D eigenvalue weighted by Gasteiger charge is 2.32. The van der Waals surface area contributed by atoms with Crippen molar-refractivity contribution in [2.45, 2.75) is 30.4 Å². The minimum Gasteiger partial charge on any atom is -0.326 e. The van der Waals surface area contributed by atoms with Crippen molar-refractivity contribution in [3.63, 3.8) is 0 Å². The molecule has 0 saturated carbocycles. The molecule has 0 bridgehead atoms. The summed E-state index contributed by atoms with van der Waals surface area (Å²) in [5, 5.41) is -0.0128. The normalized spacial score (nSPS) is 12.5. The summed E-state index contributed by atoms with van der Waals surface area (Å²) in [5.41, 5.74) is -3.47. The molecule has 2 nitrogen and oxygen atoms in total. The van der Waals surface area contributed by atoms with E-state index >= 15 is 0 Å². The van der Waals surface area contributed by atoms with E-state index in [1.54, 1.807) is 7.05 Å². The Morgan fingerprint density at radius 3 is 2.36 bits per heavy atom. The molecule has 0 aliphatic rings. The predicted octanol–water partition coefficient (Wildman–Crippen LogP) is 3.16. The van der Waals surface area contributed by atoms with E-state index in [1.165, 1.54) is 10.8 Å². The summed E-state index contributed by atoms with van der Waals surface area (Å²) < 4.78 is 37.6. The Morgan fingerprint density at radius 1 is 1.43 bits per heavy atom. The number of aromatic nitrogens is 2. The molecule has 1 aromatic heterocycles. The van der Waals surface area contributed by atoms with Gasteiger partial charge in [-0.05, 0) is 5.92 Å². The van der Waals surface area contributed by atoms with Crippen molar-refractivity contribution in [1.82, 2.24) is 9.55 Å². The van der Waals surface area contributed by atoms with E-state index in [2.05, 4.69) is 4.98 Å². The molecule has 14 heavy (non-hydrogen) atoms. The Kier molecular flexibility index (Phi) is 3.14. The van der Waals surface area contributed by atoms with Crippen molar-refractivity contribution in [1.29, 1.82) is 0 Å². The molecule has 0 aliphatic carbocycles. The Morgan fingerprint density at radius 2 is 2.00 bits per heavy atom. The molecule has 0 amide bonds. The Bertz CT molecular complexity index is 317. The fourth-order valence-corrected chi connectivity index (χ4v) is 1.69. The molecule has 0 N–H and O–H groups in total. The zero-order valence-corrected chi connectivity index (χ0v) is 8.91. The monoisotopic (exact) mass is 224 g/mol. The second-order valence-electron chi connectivity index (χ2n) is 3.23. The fourth-order valence-electron chi connectivity index (χ4n) is 1.14. The van der Waals surface area contributed by atoms with Gasteiger partial charge >= 0.3 is 5.51 Å². The molecule has 0 aliphatic heterocycles. The maximum Gasteiger partial charge on any atom is 0.449 e. The molecule has 0 aromatic carbocycles. The zero-order chi connectivity index (χ0) is 10.9. The topological polar surface area (TPSA) is 17.8 Å². The van der Waals surface area contributed by atoms with Gasteiger partial charge in [0.1, 0.15) is 0 Å². The molecule has 0 radical (unpaired) electrons. The quantitative estimate of drug-likeness (QED) is 0.718. The van der Waals surface area contributed by atoms with Crippen LogP contribution in [-0.2, 0) is 7.05 Å². The third kappa shape index (κ3) is 2.67. The van der Waals surface area contributed by atoms with E-state index in [4.69, 9.17) is 0 Å². The first kappa shape index (κ1) is 11.4. The molecule has 0 unspecified atom stereocenters. The molecule has 0 saturated heterocycles. The number of thioether (sulfide) groups is 1. The minimum absolute atomic E-state index is 0.0128. The number of nitrogens with zero attached hydrogens (tertiary/aromatic N) is 2. The van der Waals surface area contributed by atoms with Gasteiger partial charge in [0.15, 0.2) is 5.16 Å². The maximum absolute atomic E-state index is 12.0. The van der Waals surface area contributed by atoms with Gasteiger partial charge in [-0.3, -0.25) is 0 Å². The summed E-state index contributed by atoms with van der Waals surface area (Å²) in [7, 11) is 1.59. The molecular formula is C8H11F3N2S. The SMILES string of the molecule is CC(C)c1cnc(SC(F)(F)F)n1C. The van der Waals surface area contributed by atoms with Crippen LogP contribution < -0.4 is 0 Å². The van der Waals surface area contributed by atoms with Crippen LogP contribution in [-0.4, -0.2) is 15.1 Å². The number of halogens is 3. The van der Waals surface area contributed by atoms with Gasteiger partial charge in [0, 0.05) is 30.7 Å². The van der Waals surface area contributed by atoms with Crippen molar-refractivity contribution in [3.05, 3.63) is 11.9 Å². The first-order chi connectivity index (χ1) is 6.31. The lowest BCUT2D eigenvalue weighted by molar-refractivity contribution is -0.0332. The van der Waals surface area contributed by atoms with Crippen LogP contribution in [0, 0.1) is 0 Å². The van der Waals surface area contributed by atoms with Crippen molar-refractivity contribution < 1.29 is 13.2 Å². The Hall–Kier alpha value is -0.650. The number of alkyl halides is 3. The third-order valence-corrected chi connectivity index (χ3v) is 2.57. The van der Waals surface area contributed by atoms with Gasteiger partial charge in [-0.25, -0.2) is 4.98 Å². The number of rotatable bonds is 2. The lowest BCUT2D eigenvalue weighted by atomic mass is 10.1. The molecular weight excluding hydrogens is 213 g/mol. The first-order valence-electron chi connectivity index (χ1n) is 4.08. The highest BCUT2D eigenvalue weighted by atomic mass is 32.2. The van der Waals surface area contributed by atoms with Crippen LogP contribution in [0.1, 0.15) is 25.5 Å². The molecule has 80 valence electrons. The van der Waals surface area contributed by atoms with Crippen LogP contribution in [0.4, 0.5) is 13.2 Å². The summed E-state index contributed by atoms with van der Waals surface area (Å²) >= 11 is -0.183. The van der Waals surface area contributed by atoms with Crippen LogP contribution in [0.15, 0.2) is 11.4 Å². The van der Waals surface area contributed by atoms with Crippen LogP contribution in [0.2, 0.25) is 0 Å². The Labute approximate surface area is 84.5 Å². The van der Waals surface area contributed by atoms with Crippen molar-refractivity contribution >= 4 is 11.8 Å². The smallest absolute Gasteiger partial charge is 0.326 e. The minimum atomic E-state index is -4.27. The largest absolute Gasteiger partial charge is 0.449 e. The number of hydrogen-bond acceptors (Lipinski definition) is 2. The highest BCUT2D eigenvalue weighted by molar-refractivity contribution is 8.00. The maximum atomic E-state index is 12.0. The molecule has 0 atom stereocenters. The predicted molar refractivity (Wildman–Crippen MR) is 49.2 cm³/mol. The standard InChI is InChI=1S/C8H11F3N2S/c1-5(2)6-4-12-7(13(6)3)14-8(9,10)11/h4-5H,1-3H3. The lowest BCUT2D eigenvalue weighted by Gasteiger charge is -2.09. The highest BCUT2D eigenvalue weighted by Crippen LogP contribution is 2.36. The molecule has 6 heteroatoms. The van der Waals surface area contributed by atoms with Crippen molar-refractivity contribution in [2.24, 2.45) is 7.05 Å². The van der Waals surface area contributed by atoms with Gasteiger partial charge in [-0.1, -0.05) is 13.8 Å². The van der Waals surface area contributed by atoms with Gasteiger partial charge in [-0.2, -0.15) is 13.2 Å². The van der Waals surface area contributed by atoms with E-state index in [1.807, 2.05) is 13.8 Å². The van der Waals surface area contributed by atoms with E-state index < -0.39 is 5.51 Å². The number of imidazole rings is 1. The summed E-state index contributed by atoms with van der Waals surface area (Å²) in [6.45, 7) is 3.83. The van der Waals surface area contributed by atoms with E-state index in [-0.39, 0.29) is 22.8 Å². The molecule has 0 fully saturated rings. The summed E-state index contributed by atoms with van der Waals surface area (Å²) in [5.74, 6) is 0.176. The fraction of sp³-hybridized carbons (Fsp3) is 0.625. The summed E-state index contributed by atoms with van der Waals surface area (Å²) in [6, 6.07) is 0. The van der Waals surface area contributed by atoms with Gasteiger partial charge in [0.2, 0.25) is 0 Å². The average Bonchev–Trinajstić information content (AvgIpc) is 2.29. The van der Waals surface area contributed by atoms with Crippen LogP contribution in [0.3, 0.4) is 0 Å². The molecule has 0 spiro atoms. The number of hydrogen-bond donors (Lipinski definition) is 0.